The Morgan fingerprint density at radius 1 is 1.22 bits per heavy atom. The Kier molecular flexibility index (Phi) is 3.88. The molecule has 2 aliphatic rings. The standard InChI is InChI=1S/C17H18N2O3S/c20-16(19-7-4-17(5-8-19)21-9-10-22-17)14-3-1-2-13(12-14)15-18-6-11-23-15/h1-3,6,11-12H,4-5,7-10H2. The molecule has 1 spiro atoms. The van der Waals surface area contributed by atoms with Crippen molar-refractivity contribution >= 4 is 17.2 Å². The van der Waals surface area contributed by atoms with Crippen molar-refractivity contribution in [3.63, 3.8) is 0 Å². The van der Waals surface area contributed by atoms with Gasteiger partial charge in [-0.1, -0.05) is 12.1 Å². The van der Waals surface area contributed by atoms with Gasteiger partial charge >= 0.3 is 0 Å². The van der Waals surface area contributed by atoms with E-state index < -0.39 is 5.79 Å². The number of amides is 1. The second-order valence-corrected chi connectivity index (χ2v) is 6.71. The van der Waals surface area contributed by atoms with Crippen LogP contribution in [-0.4, -0.2) is 47.9 Å². The number of aromatic nitrogens is 1. The van der Waals surface area contributed by atoms with Crippen LogP contribution >= 0.6 is 11.3 Å². The van der Waals surface area contributed by atoms with Crippen LogP contribution in [0, 0.1) is 0 Å². The summed E-state index contributed by atoms with van der Waals surface area (Å²) in [5, 5.41) is 2.88. The summed E-state index contributed by atoms with van der Waals surface area (Å²) in [4.78, 5) is 18.9. The van der Waals surface area contributed by atoms with Crippen LogP contribution in [-0.2, 0) is 9.47 Å². The molecule has 5 nitrogen and oxygen atoms in total. The summed E-state index contributed by atoms with van der Waals surface area (Å²) < 4.78 is 11.4. The molecule has 2 aromatic rings. The minimum Gasteiger partial charge on any atom is -0.347 e. The first-order valence-corrected chi connectivity index (χ1v) is 8.71. The Labute approximate surface area is 138 Å². The predicted molar refractivity (Wildman–Crippen MR) is 87.3 cm³/mol. The second-order valence-electron chi connectivity index (χ2n) is 5.82. The van der Waals surface area contributed by atoms with Crippen molar-refractivity contribution in [1.29, 1.82) is 0 Å². The number of carbonyl (C=O) groups excluding carboxylic acids is 1. The number of carbonyl (C=O) groups is 1. The molecule has 2 aliphatic heterocycles. The van der Waals surface area contributed by atoms with Gasteiger partial charge in [0.2, 0.25) is 0 Å². The Morgan fingerprint density at radius 2 is 2.00 bits per heavy atom. The van der Waals surface area contributed by atoms with Gasteiger partial charge in [0.1, 0.15) is 5.01 Å². The molecule has 0 unspecified atom stereocenters. The molecule has 0 bridgehead atoms. The highest BCUT2D eigenvalue weighted by molar-refractivity contribution is 7.13. The lowest BCUT2D eigenvalue weighted by molar-refractivity contribution is -0.181. The monoisotopic (exact) mass is 330 g/mol. The third-order valence-electron chi connectivity index (χ3n) is 4.41. The molecule has 1 amide bonds. The summed E-state index contributed by atoms with van der Waals surface area (Å²) >= 11 is 1.58. The topological polar surface area (TPSA) is 51.7 Å². The first-order chi connectivity index (χ1) is 11.3. The van der Waals surface area contributed by atoms with Crippen LogP contribution in [0.2, 0.25) is 0 Å². The van der Waals surface area contributed by atoms with Crippen molar-refractivity contribution in [2.45, 2.75) is 18.6 Å². The fourth-order valence-electron chi connectivity index (χ4n) is 3.17. The van der Waals surface area contributed by atoms with Crippen molar-refractivity contribution in [3.8, 4) is 10.6 Å². The molecule has 0 radical (unpaired) electrons. The van der Waals surface area contributed by atoms with Gasteiger partial charge < -0.3 is 14.4 Å². The maximum atomic E-state index is 12.8. The Hall–Kier alpha value is -1.76. The number of likely N-dealkylation sites (tertiary alicyclic amines) is 1. The number of hydrogen-bond donors (Lipinski definition) is 0. The van der Waals surface area contributed by atoms with Gasteiger partial charge in [-0.15, -0.1) is 11.3 Å². The van der Waals surface area contributed by atoms with Crippen LogP contribution in [0.3, 0.4) is 0 Å². The van der Waals surface area contributed by atoms with Crippen molar-refractivity contribution in [3.05, 3.63) is 41.4 Å². The number of benzene rings is 1. The minimum atomic E-state index is -0.445. The molecule has 2 saturated heterocycles. The van der Waals surface area contributed by atoms with Gasteiger partial charge in [0.25, 0.3) is 5.91 Å². The van der Waals surface area contributed by atoms with Crippen LogP contribution in [0.15, 0.2) is 35.8 Å². The lowest BCUT2D eigenvalue weighted by Gasteiger charge is -2.37. The second kappa shape index (κ2) is 6.03. The zero-order valence-electron chi connectivity index (χ0n) is 12.7. The van der Waals surface area contributed by atoms with E-state index >= 15 is 0 Å². The van der Waals surface area contributed by atoms with Crippen molar-refractivity contribution in [1.82, 2.24) is 9.88 Å². The molecule has 0 atom stereocenters. The van der Waals surface area contributed by atoms with E-state index in [-0.39, 0.29) is 5.91 Å². The van der Waals surface area contributed by atoms with Crippen LogP contribution in [0.25, 0.3) is 10.6 Å². The molecule has 1 aromatic heterocycles. The van der Waals surface area contributed by atoms with E-state index in [4.69, 9.17) is 9.47 Å². The number of piperidine rings is 1. The Bertz CT molecular complexity index is 686. The largest absolute Gasteiger partial charge is 0.347 e. The maximum Gasteiger partial charge on any atom is 0.253 e. The number of thiazole rings is 1. The molecule has 0 saturated carbocycles. The Balaban J connectivity index is 1.48. The van der Waals surface area contributed by atoms with Crippen molar-refractivity contribution in [2.24, 2.45) is 0 Å². The summed E-state index contributed by atoms with van der Waals surface area (Å²) in [6.45, 7) is 2.65. The van der Waals surface area contributed by atoms with Gasteiger partial charge in [0, 0.05) is 48.6 Å². The van der Waals surface area contributed by atoms with Gasteiger partial charge in [-0.2, -0.15) is 0 Å². The zero-order chi connectivity index (χ0) is 15.7. The van der Waals surface area contributed by atoms with Gasteiger partial charge in [-0.3, -0.25) is 4.79 Å². The number of rotatable bonds is 2. The highest BCUT2D eigenvalue weighted by atomic mass is 32.1. The summed E-state index contributed by atoms with van der Waals surface area (Å²) in [6.07, 6.45) is 3.26. The molecule has 1 aromatic carbocycles. The average Bonchev–Trinajstić information content (AvgIpc) is 3.28. The van der Waals surface area contributed by atoms with E-state index in [2.05, 4.69) is 4.98 Å². The molecule has 120 valence electrons. The third kappa shape index (κ3) is 2.89. The smallest absolute Gasteiger partial charge is 0.253 e. The molecule has 2 fully saturated rings. The summed E-state index contributed by atoms with van der Waals surface area (Å²) in [5.74, 6) is -0.379. The van der Waals surface area contributed by atoms with E-state index in [0.717, 1.165) is 23.4 Å². The molecule has 0 aliphatic carbocycles. The summed E-state index contributed by atoms with van der Waals surface area (Å²) in [6, 6.07) is 7.69. The van der Waals surface area contributed by atoms with Crippen LogP contribution in [0.1, 0.15) is 23.2 Å². The van der Waals surface area contributed by atoms with E-state index in [1.165, 1.54) is 0 Å². The Morgan fingerprint density at radius 3 is 2.70 bits per heavy atom. The summed E-state index contributed by atoms with van der Waals surface area (Å²) in [5.41, 5.74) is 1.70. The molecule has 4 rings (SSSR count). The van der Waals surface area contributed by atoms with Crippen molar-refractivity contribution in [2.75, 3.05) is 26.3 Å². The molecule has 0 N–H and O–H groups in total. The maximum absolute atomic E-state index is 12.8. The minimum absolute atomic E-state index is 0.0660. The van der Waals surface area contributed by atoms with Gasteiger partial charge in [0.05, 0.1) is 13.2 Å². The van der Waals surface area contributed by atoms with Gasteiger partial charge in [-0.05, 0) is 12.1 Å². The lowest BCUT2D eigenvalue weighted by atomic mass is 10.0. The average molecular weight is 330 g/mol. The zero-order valence-corrected chi connectivity index (χ0v) is 13.6. The van der Waals surface area contributed by atoms with E-state index in [9.17, 15) is 4.79 Å². The quantitative estimate of drug-likeness (QED) is 0.850. The van der Waals surface area contributed by atoms with Crippen LogP contribution in [0.5, 0.6) is 0 Å². The van der Waals surface area contributed by atoms with E-state index in [1.807, 2.05) is 34.5 Å². The van der Waals surface area contributed by atoms with Gasteiger partial charge in [-0.25, -0.2) is 4.98 Å². The fraction of sp³-hybridized carbons (Fsp3) is 0.412. The van der Waals surface area contributed by atoms with Crippen molar-refractivity contribution < 1.29 is 14.3 Å². The molecular formula is C17H18N2O3S. The fourth-order valence-corrected chi connectivity index (χ4v) is 3.81. The number of nitrogens with zero attached hydrogens (tertiary/aromatic N) is 2. The highest BCUT2D eigenvalue weighted by Crippen LogP contribution is 2.32. The van der Waals surface area contributed by atoms with Crippen LogP contribution < -0.4 is 0 Å². The first kappa shape index (κ1) is 14.8. The summed E-state index contributed by atoms with van der Waals surface area (Å²) in [7, 11) is 0. The highest BCUT2D eigenvalue weighted by Gasteiger charge is 2.40. The van der Waals surface area contributed by atoms with Crippen LogP contribution in [0.4, 0.5) is 0 Å². The number of hydrogen-bond acceptors (Lipinski definition) is 5. The van der Waals surface area contributed by atoms with E-state index in [0.29, 0.717) is 31.9 Å². The first-order valence-electron chi connectivity index (χ1n) is 7.83. The predicted octanol–water partition coefficient (Wildman–Crippen LogP) is 2.79. The van der Waals surface area contributed by atoms with E-state index in [1.54, 1.807) is 17.5 Å². The van der Waals surface area contributed by atoms with Gasteiger partial charge in [0.15, 0.2) is 5.79 Å². The molecular weight excluding hydrogens is 312 g/mol. The third-order valence-corrected chi connectivity index (χ3v) is 5.24. The molecule has 23 heavy (non-hydrogen) atoms. The molecule has 6 heteroatoms. The lowest BCUT2D eigenvalue weighted by Crippen LogP contribution is -2.47. The normalized spacial score (nSPS) is 20.1. The SMILES string of the molecule is O=C(c1cccc(-c2nccs2)c1)N1CCC2(CC1)OCCO2. The number of ether oxygens (including phenoxy) is 2. The molecule has 3 heterocycles.